The van der Waals surface area contributed by atoms with Crippen LogP contribution in [-0.4, -0.2) is 22.5 Å². The molecule has 0 aliphatic heterocycles. The number of allylic oxidation sites excluding steroid dienone is 5. The summed E-state index contributed by atoms with van der Waals surface area (Å²) in [5.41, 5.74) is 0.614. The molecule has 4 heteroatoms. The first-order valence-corrected chi connectivity index (χ1v) is 13.6. The topological polar surface area (TPSA) is 71.4 Å². The van der Waals surface area contributed by atoms with Crippen LogP contribution in [0.3, 0.4) is 0 Å². The highest BCUT2D eigenvalue weighted by atomic mass is 16.3. The zero-order valence-corrected chi connectivity index (χ0v) is 22.9. The summed E-state index contributed by atoms with van der Waals surface area (Å²) in [7, 11) is 0. The van der Waals surface area contributed by atoms with Crippen molar-refractivity contribution in [2.75, 3.05) is 0 Å². The van der Waals surface area contributed by atoms with Crippen molar-refractivity contribution in [3.8, 4) is 0 Å². The number of aliphatic hydroxyl groups excluding tert-OH is 1. The van der Waals surface area contributed by atoms with Crippen LogP contribution < -0.4 is 0 Å². The Morgan fingerprint density at radius 1 is 1.14 bits per heavy atom. The third-order valence-corrected chi connectivity index (χ3v) is 10.7. The number of hydrogen-bond donors (Lipinski definition) is 1. The molecule has 8 atom stereocenters. The Kier molecular flexibility index (Phi) is 7.75. The SMILES string of the molecule is C=C(O)CC.CCC(=O)CC1(C(C)=O)C(C)CC2C3C(C)CC4=CC(=O)C=CC4(C)C3CCC21C. The summed E-state index contributed by atoms with van der Waals surface area (Å²) in [5, 5.41) is 8.17. The third-order valence-electron chi connectivity index (χ3n) is 10.7. The van der Waals surface area contributed by atoms with E-state index < -0.39 is 5.41 Å². The van der Waals surface area contributed by atoms with Crippen LogP contribution in [0.15, 0.2) is 36.1 Å². The average molecular weight is 483 g/mol. The quantitative estimate of drug-likeness (QED) is 0.421. The first-order valence-electron chi connectivity index (χ1n) is 13.6. The second-order valence-electron chi connectivity index (χ2n) is 12.3. The molecule has 0 saturated heterocycles. The number of fused-ring (bicyclic) bond motifs is 5. The Morgan fingerprint density at radius 3 is 2.31 bits per heavy atom. The minimum absolute atomic E-state index is 0.0453. The van der Waals surface area contributed by atoms with Crippen LogP contribution in [0.2, 0.25) is 0 Å². The van der Waals surface area contributed by atoms with Gasteiger partial charge in [0.25, 0.3) is 0 Å². The zero-order chi connectivity index (χ0) is 26.3. The molecule has 0 aromatic carbocycles. The first kappa shape index (κ1) is 27.6. The molecule has 4 nitrogen and oxygen atoms in total. The second-order valence-corrected chi connectivity index (χ2v) is 12.3. The molecule has 194 valence electrons. The summed E-state index contributed by atoms with van der Waals surface area (Å²) in [6, 6.07) is 0. The van der Waals surface area contributed by atoms with Gasteiger partial charge in [-0.25, -0.2) is 0 Å². The van der Waals surface area contributed by atoms with Crippen LogP contribution in [0.1, 0.15) is 93.4 Å². The van der Waals surface area contributed by atoms with Gasteiger partial charge in [-0.05, 0) is 79.8 Å². The lowest BCUT2D eigenvalue weighted by Gasteiger charge is -2.60. The third kappa shape index (κ3) is 4.29. The fourth-order valence-corrected chi connectivity index (χ4v) is 8.69. The molecule has 0 radical (unpaired) electrons. The number of Topliss-reactive ketones (excluding diaryl/α,β-unsaturated/α-hetero) is 2. The lowest BCUT2D eigenvalue weighted by atomic mass is 9.43. The lowest BCUT2D eigenvalue weighted by Crippen LogP contribution is -2.56. The molecular weight excluding hydrogens is 436 g/mol. The van der Waals surface area contributed by atoms with Crippen molar-refractivity contribution >= 4 is 17.3 Å². The maximum atomic E-state index is 13.2. The van der Waals surface area contributed by atoms with E-state index in [4.69, 9.17) is 5.11 Å². The Balaban J connectivity index is 0.000000623. The summed E-state index contributed by atoms with van der Waals surface area (Å²) in [5.74, 6) is 3.05. The summed E-state index contributed by atoms with van der Waals surface area (Å²) >= 11 is 0. The highest BCUT2D eigenvalue weighted by Gasteiger charge is 2.69. The van der Waals surface area contributed by atoms with E-state index in [1.165, 1.54) is 5.57 Å². The number of rotatable bonds is 5. The standard InChI is InChI=1S/C27H38O3.C4H8O/c1-7-20(29)15-27(18(4)28)17(3)13-23-24-16(2)12-19-14-21(30)8-10-25(19,5)22(24)9-11-26(23,27)6;1-3-4(2)5/h8,10,14,16-17,22-24H,7,9,11-13,15H2,1-6H3;5H,2-3H2,1H3. The number of carbonyl (C=O) groups excluding carboxylic acids is 3. The number of aliphatic hydroxyl groups is 1. The summed E-state index contributed by atoms with van der Waals surface area (Å²) in [4.78, 5) is 38.0. The molecule has 1 N–H and O–H groups in total. The minimum atomic E-state index is -0.523. The van der Waals surface area contributed by atoms with Gasteiger partial charge in [0.2, 0.25) is 0 Å². The van der Waals surface area contributed by atoms with E-state index in [1.54, 1.807) is 13.0 Å². The fraction of sp³-hybridized carbons (Fsp3) is 0.710. The Hall–Kier alpha value is -1.97. The normalized spacial score (nSPS) is 41.5. The molecule has 3 fully saturated rings. The van der Waals surface area contributed by atoms with E-state index in [1.807, 2.05) is 19.9 Å². The van der Waals surface area contributed by atoms with Crippen molar-refractivity contribution in [3.05, 3.63) is 36.1 Å². The molecular formula is C31H46O4. The van der Waals surface area contributed by atoms with E-state index in [-0.39, 0.29) is 39.9 Å². The Morgan fingerprint density at radius 2 is 1.77 bits per heavy atom. The molecule has 0 amide bonds. The maximum Gasteiger partial charge on any atom is 0.178 e. The van der Waals surface area contributed by atoms with Gasteiger partial charge in [0.15, 0.2) is 5.78 Å². The zero-order valence-electron chi connectivity index (χ0n) is 22.9. The van der Waals surface area contributed by atoms with Crippen LogP contribution in [0.5, 0.6) is 0 Å². The largest absolute Gasteiger partial charge is 0.513 e. The number of ketones is 3. The van der Waals surface area contributed by atoms with Crippen molar-refractivity contribution < 1.29 is 19.5 Å². The lowest BCUT2D eigenvalue weighted by molar-refractivity contribution is -0.150. The van der Waals surface area contributed by atoms with Gasteiger partial charge in [-0.3, -0.25) is 14.4 Å². The number of carbonyl (C=O) groups is 3. The molecule has 0 heterocycles. The molecule has 4 rings (SSSR count). The molecule has 0 aromatic rings. The van der Waals surface area contributed by atoms with Crippen molar-refractivity contribution in [3.63, 3.8) is 0 Å². The van der Waals surface area contributed by atoms with E-state index in [9.17, 15) is 14.4 Å². The van der Waals surface area contributed by atoms with Gasteiger partial charge in [-0.1, -0.05) is 59.8 Å². The van der Waals surface area contributed by atoms with Crippen LogP contribution in [0.25, 0.3) is 0 Å². The minimum Gasteiger partial charge on any atom is -0.513 e. The second kappa shape index (κ2) is 9.82. The van der Waals surface area contributed by atoms with Gasteiger partial charge in [0, 0.05) is 30.1 Å². The highest BCUT2D eigenvalue weighted by molar-refractivity contribution is 6.01. The smallest absolute Gasteiger partial charge is 0.178 e. The molecule has 4 aliphatic rings. The molecule has 4 aliphatic carbocycles. The molecule has 35 heavy (non-hydrogen) atoms. The fourth-order valence-electron chi connectivity index (χ4n) is 8.69. The predicted octanol–water partition coefficient (Wildman–Crippen LogP) is 7.20. The van der Waals surface area contributed by atoms with E-state index in [0.717, 1.165) is 25.7 Å². The van der Waals surface area contributed by atoms with Crippen molar-refractivity contribution in [1.82, 2.24) is 0 Å². The summed E-state index contributed by atoms with van der Waals surface area (Å²) < 4.78 is 0. The van der Waals surface area contributed by atoms with Gasteiger partial charge in [-0.15, -0.1) is 0 Å². The van der Waals surface area contributed by atoms with Crippen molar-refractivity contribution in [1.29, 1.82) is 0 Å². The highest BCUT2D eigenvalue weighted by Crippen LogP contribution is 2.72. The molecule has 8 unspecified atom stereocenters. The molecule has 0 spiro atoms. The molecule has 3 saturated carbocycles. The Labute approximate surface area is 212 Å². The van der Waals surface area contributed by atoms with E-state index in [0.29, 0.717) is 42.9 Å². The van der Waals surface area contributed by atoms with E-state index in [2.05, 4.69) is 40.3 Å². The monoisotopic (exact) mass is 482 g/mol. The first-order chi connectivity index (χ1) is 16.3. The van der Waals surface area contributed by atoms with Crippen LogP contribution in [-0.2, 0) is 14.4 Å². The summed E-state index contributed by atoms with van der Waals surface area (Å²) in [6.07, 6.45) is 11.5. The van der Waals surface area contributed by atoms with Gasteiger partial charge in [0.1, 0.15) is 11.6 Å². The number of hydrogen-bond acceptors (Lipinski definition) is 4. The molecule has 0 bridgehead atoms. The van der Waals surface area contributed by atoms with E-state index >= 15 is 0 Å². The summed E-state index contributed by atoms with van der Waals surface area (Å²) in [6.45, 7) is 18.0. The maximum absolute atomic E-state index is 13.2. The molecule has 0 aromatic heterocycles. The van der Waals surface area contributed by atoms with Crippen molar-refractivity contribution in [2.24, 2.45) is 45.8 Å². The van der Waals surface area contributed by atoms with Gasteiger partial charge in [0.05, 0.1) is 5.76 Å². The van der Waals surface area contributed by atoms with Crippen LogP contribution >= 0.6 is 0 Å². The average Bonchev–Trinajstić information content (AvgIpc) is 3.02. The van der Waals surface area contributed by atoms with Gasteiger partial charge >= 0.3 is 0 Å². The predicted molar refractivity (Wildman–Crippen MR) is 141 cm³/mol. The van der Waals surface area contributed by atoms with Crippen LogP contribution in [0.4, 0.5) is 0 Å². The van der Waals surface area contributed by atoms with Gasteiger partial charge in [-0.2, -0.15) is 0 Å². The van der Waals surface area contributed by atoms with Crippen molar-refractivity contribution in [2.45, 2.75) is 93.4 Å². The van der Waals surface area contributed by atoms with Gasteiger partial charge < -0.3 is 5.11 Å². The Bertz CT molecular complexity index is 957. The van der Waals surface area contributed by atoms with Crippen LogP contribution in [0, 0.1) is 45.8 Å².